The highest BCUT2D eigenvalue weighted by atomic mass is 32.2. The van der Waals surface area contributed by atoms with Gasteiger partial charge in [-0.15, -0.1) is 0 Å². The van der Waals surface area contributed by atoms with Gasteiger partial charge in [0.2, 0.25) is 10.0 Å². The average molecular weight is 351 g/mol. The van der Waals surface area contributed by atoms with Crippen LogP contribution in [0.15, 0.2) is 21.6 Å². The second-order valence-corrected chi connectivity index (χ2v) is 8.01. The molecule has 0 aliphatic rings. The van der Waals surface area contributed by atoms with Crippen molar-refractivity contribution in [2.24, 2.45) is 0 Å². The Morgan fingerprint density at radius 3 is 2.29 bits per heavy atom. The van der Waals surface area contributed by atoms with Crippen molar-refractivity contribution < 1.29 is 17.7 Å². The molecule has 24 heavy (non-hydrogen) atoms. The van der Waals surface area contributed by atoms with Gasteiger partial charge in [0.25, 0.3) is 5.91 Å². The molecular weight excluding hydrogens is 330 g/mol. The number of nitrogens with zero attached hydrogens (tertiary/aromatic N) is 2. The van der Waals surface area contributed by atoms with E-state index in [9.17, 15) is 13.2 Å². The number of aromatic nitrogens is 1. The summed E-state index contributed by atoms with van der Waals surface area (Å²) in [5, 5.41) is 6.53. The molecule has 0 aliphatic carbocycles. The fourth-order valence-corrected chi connectivity index (χ4v) is 3.32. The van der Waals surface area contributed by atoms with Crippen LogP contribution in [0.4, 0.5) is 5.69 Å². The van der Waals surface area contributed by atoms with E-state index in [1.54, 1.807) is 26.8 Å². The predicted octanol–water partition coefficient (Wildman–Crippen LogP) is 2.41. The van der Waals surface area contributed by atoms with Gasteiger partial charge in [-0.25, -0.2) is 12.7 Å². The van der Waals surface area contributed by atoms with Crippen LogP contribution in [0.25, 0.3) is 0 Å². The van der Waals surface area contributed by atoms with Gasteiger partial charge in [0.15, 0.2) is 0 Å². The summed E-state index contributed by atoms with van der Waals surface area (Å²) in [5.41, 5.74) is 2.85. The second kappa shape index (κ2) is 6.37. The quantitative estimate of drug-likeness (QED) is 0.913. The van der Waals surface area contributed by atoms with Gasteiger partial charge in [0.1, 0.15) is 11.3 Å². The molecule has 0 unspecified atom stereocenters. The summed E-state index contributed by atoms with van der Waals surface area (Å²) >= 11 is 0. The van der Waals surface area contributed by atoms with Gasteiger partial charge in [0.05, 0.1) is 10.6 Å². The number of hydrogen-bond acceptors (Lipinski definition) is 5. The Kier molecular flexibility index (Phi) is 4.82. The molecule has 0 saturated heterocycles. The molecule has 8 heteroatoms. The lowest BCUT2D eigenvalue weighted by molar-refractivity contribution is 0.102. The molecule has 1 N–H and O–H groups in total. The van der Waals surface area contributed by atoms with Gasteiger partial charge in [-0.05, 0) is 51.0 Å². The molecule has 2 aromatic rings. The van der Waals surface area contributed by atoms with Crippen molar-refractivity contribution in [3.05, 3.63) is 40.3 Å². The van der Waals surface area contributed by atoms with Crippen LogP contribution < -0.4 is 5.32 Å². The minimum absolute atomic E-state index is 0.129. The van der Waals surface area contributed by atoms with Crippen molar-refractivity contribution in [1.82, 2.24) is 9.46 Å². The van der Waals surface area contributed by atoms with Crippen LogP contribution >= 0.6 is 0 Å². The molecule has 0 atom stereocenters. The van der Waals surface area contributed by atoms with Gasteiger partial charge in [-0.2, -0.15) is 0 Å². The molecule has 0 bridgehead atoms. The Hall–Kier alpha value is -2.19. The van der Waals surface area contributed by atoms with Crippen LogP contribution in [0.2, 0.25) is 0 Å². The first-order valence-electron chi connectivity index (χ1n) is 7.33. The number of nitrogens with one attached hydrogen (secondary N) is 1. The van der Waals surface area contributed by atoms with Crippen molar-refractivity contribution in [2.45, 2.75) is 32.6 Å². The predicted molar refractivity (Wildman–Crippen MR) is 90.7 cm³/mol. The highest BCUT2D eigenvalue weighted by Gasteiger charge is 2.22. The lowest BCUT2D eigenvalue weighted by Gasteiger charge is -2.16. The number of carbonyl (C=O) groups excluding carboxylic acids is 1. The topological polar surface area (TPSA) is 92.5 Å². The van der Waals surface area contributed by atoms with Crippen LogP contribution in [0.3, 0.4) is 0 Å². The molecule has 1 heterocycles. The summed E-state index contributed by atoms with van der Waals surface area (Å²) in [6.45, 7) is 6.95. The van der Waals surface area contributed by atoms with Gasteiger partial charge < -0.3 is 9.84 Å². The summed E-state index contributed by atoms with van der Waals surface area (Å²) in [4.78, 5) is 12.6. The summed E-state index contributed by atoms with van der Waals surface area (Å²) in [7, 11) is -0.664. The van der Waals surface area contributed by atoms with Crippen molar-refractivity contribution in [2.75, 3.05) is 19.4 Å². The van der Waals surface area contributed by atoms with E-state index in [1.165, 1.54) is 20.2 Å². The largest absolute Gasteiger partial charge is 0.361 e. The second-order valence-electron chi connectivity index (χ2n) is 5.85. The van der Waals surface area contributed by atoms with E-state index in [-0.39, 0.29) is 10.8 Å². The van der Waals surface area contributed by atoms with Crippen LogP contribution in [0.1, 0.15) is 32.9 Å². The zero-order valence-electron chi connectivity index (χ0n) is 14.6. The summed E-state index contributed by atoms with van der Waals surface area (Å²) in [6, 6.07) is 3.06. The maximum atomic E-state index is 12.5. The Balaban J connectivity index is 2.48. The molecule has 0 saturated carbocycles. The van der Waals surface area contributed by atoms with E-state index < -0.39 is 10.0 Å². The molecule has 7 nitrogen and oxygen atoms in total. The van der Waals surface area contributed by atoms with E-state index in [0.717, 1.165) is 15.4 Å². The van der Waals surface area contributed by atoms with Crippen molar-refractivity contribution >= 4 is 21.6 Å². The van der Waals surface area contributed by atoms with Crippen molar-refractivity contribution in [3.63, 3.8) is 0 Å². The fourth-order valence-electron chi connectivity index (χ4n) is 2.31. The Morgan fingerprint density at radius 2 is 1.79 bits per heavy atom. The molecule has 1 aromatic heterocycles. The zero-order chi connectivity index (χ0) is 18.2. The number of benzene rings is 1. The van der Waals surface area contributed by atoms with Gasteiger partial charge in [-0.3, -0.25) is 4.79 Å². The molecule has 130 valence electrons. The molecule has 1 amide bonds. The van der Waals surface area contributed by atoms with Gasteiger partial charge in [-0.1, -0.05) is 5.16 Å². The maximum Gasteiger partial charge on any atom is 0.261 e. The van der Waals surface area contributed by atoms with Crippen LogP contribution in [-0.4, -0.2) is 37.9 Å². The first-order valence-corrected chi connectivity index (χ1v) is 8.77. The number of carbonyl (C=O) groups is 1. The molecule has 1 aromatic carbocycles. The fraction of sp³-hybridized carbons (Fsp3) is 0.375. The van der Waals surface area contributed by atoms with Crippen molar-refractivity contribution in [1.29, 1.82) is 0 Å². The van der Waals surface area contributed by atoms with E-state index in [1.807, 2.05) is 6.92 Å². The molecular formula is C16H21N3O4S. The maximum absolute atomic E-state index is 12.5. The van der Waals surface area contributed by atoms with E-state index in [2.05, 4.69) is 10.5 Å². The lowest BCUT2D eigenvalue weighted by atomic mass is 10.1. The zero-order valence-corrected chi connectivity index (χ0v) is 15.4. The molecule has 2 rings (SSSR count). The highest BCUT2D eigenvalue weighted by molar-refractivity contribution is 7.89. The van der Waals surface area contributed by atoms with Crippen molar-refractivity contribution in [3.8, 4) is 0 Å². The average Bonchev–Trinajstić information content (AvgIpc) is 2.82. The number of rotatable bonds is 4. The van der Waals surface area contributed by atoms with Crippen LogP contribution in [0.5, 0.6) is 0 Å². The normalized spacial score (nSPS) is 11.8. The Morgan fingerprint density at radius 1 is 1.17 bits per heavy atom. The van der Waals surface area contributed by atoms with Crippen LogP contribution in [0, 0.1) is 27.7 Å². The molecule has 0 fully saturated rings. The third-order valence-corrected chi connectivity index (χ3v) is 5.72. The third kappa shape index (κ3) is 3.20. The monoisotopic (exact) mass is 351 g/mol. The standard InChI is InChI=1S/C16H21N3O4S/c1-9-7-13(24(21,22)19(5)6)8-14(10(9)2)17-16(20)15-11(3)18-23-12(15)4/h7-8H,1-6H3,(H,17,20). The molecule has 0 radical (unpaired) electrons. The number of sulfonamides is 1. The first-order chi connectivity index (χ1) is 11.1. The Bertz CT molecular complexity index is 879. The van der Waals surface area contributed by atoms with Gasteiger partial charge in [0, 0.05) is 19.8 Å². The number of amides is 1. The van der Waals surface area contributed by atoms with E-state index in [4.69, 9.17) is 4.52 Å². The Labute approximate surface area is 141 Å². The first kappa shape index (κ1) is 18.2. The number of aryl methyl sites for hydroxylation is 3. The summed E-state index contributed by atoms with van der Waals surface area (Å²) < 4.78 is 30.9. The van der Waals surface area contributed by atoms with E-state index in [0.29, 0.717) is 22.7 Å². The summed E-state index contributed by atoms with van der Waals surface area (Å²) in [5.74, 6) is 0.0320. The highest BCUT2D eigenvalue weighted by Crippen LogP contribution is 2.26. The third-order valence-electron chi connectivity index (χ3n) is 3.93. The SMILES string of the molecule is Cc1cc(S(=O)(=O)N(C)C)cc(NC(=O)c2c(C)noc2C)c1C. The molecule has 0 aliphatic heterocycles. The molecule has 0 spiro atoms. The lowest BCUT2D eigenvalue weighted by Crippen LogP contribution is -2.23. The number of anilines is 1. The minimum atomic E-state index is -3.59. The minimum Gasteiger partial charge on any atom is -0.361 e. The van der Waals surface area contributed by atoms with Crippen LogP contribution in [-0.2, 0) is 10.0 Å². The van der Waals surface area contributed by atoms with Gasteiger partial charge >= 0.3 is 0 Å². The van der Waals surface area contributed by atoms with E-state index >= 15 is 0 Å². The summed E-state index contributed by atoms with van der Waals surface area (Å²) in [6.07, 6.45) is 0. The smallest absolute Gasteiger partial charge is 0.261 e. The number of hydrogen-bond donors (Lipinski definition) is 1.